The zero-order valence-electron chi connectivity index (χ0n) is 12.0. The fourth-order valence-electron chi connectivity index (χ4n) is 2.76. The molecule has 1 atom stereocenters. The number of benzene rings is 1. The molecule has 0 radical (unpaired) electrons. The van der Waals surface area contributed by atoms with Crippen molar-refractivity contribution in [1.82, 2.24) is 15.2 Å². The highest BCUT2D eigenvalue weighted by molar-refractivity contribution is 5.95. The van der Waals surface area contributed by atoms with E-state index in [4.69, 9.17) is 0 Å². The fraction of sp³-hybridized carbons (Fsp3) is 0.375. The third kappa shape index (κ3) is 3.39. The number of nitrogens with one attached hydrogen (secondary N) is 1. The third-order valence-electron chi connectivity index (χ3n) is 3.83. The van der Waals surface area contributed by atoms with E-state index in [0.717, 1.165) is 10.9 Å². The smallest absolute Gasteiger partial charge is 0.270 e. The summed E-state index contributed by atoms with van der Waals surface area (Å²) in [5.74, 6) is -0.255. The van der Waals surface area contributed by atoms with Gasteiger partial charge in [-0.15, -0.1) is 0 Å². The Morgan fingerprint density at radius 1 is 1.32 bits per heavy atom. The van der Waals surface area contributed by atoms with E-state index in [-0.39, 0.29) is 18.5 Å². The van der Waals surface area contributed by atoms with Gasteiger partial charge in [0, 0.05) is 24.5 Å². The van der Waals surface area contributed by atoms with Crippen molar-refractivity contribution in [2.45, 2.75) is 18.9 Å². The minimum atomic E-state index is -2.34. The van der Waals surface area contributed by atoms with Gasteiger partial charge in [0.2, 0.25) is 0 Å². The van der Waals surface area contributed by atoms with Crippen LogP contribution in [0.1, 0.15) is 16.9 Å². The number of rotatable bonds is 4. The molecule has 1 N–H and O–H groups in total. The van der Waals surface area contributed by atoms with Crippen LogP contribution in [0.3, 0.4) is 0 Å². The molecule has 1 fully saturated rings. The van der Waals surface area contributed by atoms with Crippen molar-refractivity contribution in [3.05, 3.63) is 42.1 Å². The maximum absolute atomic E-state index is 12.4. The Kier molecular flexibility index (Phi) is 4.29. The molecule has 0 saturated carbocycles. The summed E-state index contributed by atoms with van der Waals surface area (Å²) >= 11 is 0. The molecule has 116 valence electrons. The quantitative estimate of drug-likeness (QED) is 0.943. The van der Waals surface area contributed by atoms with Gasteiger partial charge >= 0.3 is 0 Å². The first kappa shape index (κ1) is 14.8. The predicted molar refractivity (Wildman–Crippen MR) is 80.1 cm³/mol. The Bertz CT molecular complexity index is 677. The summed E-state index contributed by atoms with van der Waals surface area (Å²) in [6.45, 7) is 0.810. The minimum absolute atomic E-state index is 0.0977. The highest BCUT2D eigenvalue weighted by atomic mass is 19.3. The molecule has 1 amide bonds. The number of hydrogen-bond acceptors (Lipinski definition) is 3. The van der Waals surface area contributed by atoms with Crippen molar-refractivity contribution in [3.63, 3.8) is 0 Å². The van der Waals surface area contributed by atoms with Crippen molar-refractivity contribution in [2.75, 3.05) is 19.6 Å². The molecular formula is C16H17F2N3O. The van der Waals surface area contributed by atoms with E-state index in [2.05, 4.69) is 10.3 Å². The first-order valence-electron chi connectivity index (χ1n) is 7.29. The summed E-state index contributed by atoms with van der Waals surface area (Å²) in [6.07, 6.45) is -1.65. The standard InChI is InChI=1S/C16H17F2N3O/c17-15(18)10-21-8-7-12(9-21)19-16(22)14-6-5-11-3-1-2-4-13(11)20-14/h1-6,12,15H,7-10H2,(H,19,22). The molecule has 1 aromatic carbocycles. The van der Waals surface area contributed by atoms with Crippen molar-refractivity contribution < 1.29 is 13.6 Å². The molecule has 1 aliphatic heterocycles. The van der Waals surface area contributed by atoms with Gasteiger partial charge < -0.3 is 5.32 Å². The number of pyridine rings is 1. The Balaban J connectivity index is 1.64. The van der Waals surface area contributed by atoms with Crippen LogP contribution in [-0.2, 0) is 0 Å². The van der Waals surface area contributed by atoms with Crippen molar-refractivity contribution in [1.29, 1.82) is 0 Å². The van der Waals surface area contributed by atoms with Crippen LogP contribution < -0.4 is 5.32 Å². The zero-order valence-corrected chi connectivity index (χ0v) is 12.0. The molecule has 4 nitrogen and oxygen atoms in total. The molecule has 6 heteroatoms. The van der Waals surface area contributed by atoms with Gasteiger partial charge in [-0.25, -0.2) is 13.8 Å². The molecule has 0 spiro atoms. The topological polar surface area (TPSA) is 45.2 Å². The molecule has 1 unspecified atom stereocenters. The molecule has 0 bridgehead atoms. The van der Waals surface area contributed by atoms with Gasteiger partial charge in [0.15, 0.2) is 0 Å². The van der Waals surface area contributed by atoms with Crippen LogP contribution in [0.15, 0.2) is 36.4 Å². The van der Waals surface area contributed by atoms with Gasteiger partial charge in [-0.2, -0.15) is 0 Å². The van der Waals surface area contributed by atoms with Crippen LogP contribution in [0, 0.1) is 0 Å². The Labute approximate surface area is 127 Å². The second-order valence-electron chi connectivity index (χ2n) is 5.50. The summed E-state index contributed by atoms with van der Waals surface area (Å²) in [4.78, 5) is 18.2. The van der Waals surface area contributed by atoms with Crippen LogP contribution in [0.5, 0.6) is 0 Å². The largest absolute Gasteiger partial charge is 0.347 e. The molecule has 3 rings (SSSR count). The first-order chi connectivity index (χ1) is 10.6. The van der Waals surface area contributed by atoms with E-state index in [1.165, 1.54) is 0 Å². The highest BCUT2D eigenvalue weighted by Crippen LogP contribution is 2.14. The number of alkyl halides is 2. The monoisotopic (exact) mass is 305 g/mol. The molecule has 0 aliphatic carbocycles. The van der Waals surface area contributed by atoms with Gasteiger partial charge in [-0.1, -0.05) is 24.3 Å². The third-order valence-corrected chi connectivity index (χ3v) is 3.83. The van der Waals surface area contributed by atoms with Gasteiger partial charge in [0.05, 0.1) is 12.1 Å². The number of amides is 1. The number of carbonyl (C=O) groups excluding carboxylic acids is 1. The minimum Gasteiger partial charge on any atom is -0.347 e. The number of para-hydroxylation sites is 1. The van der Waals surface area contributed by atoms with E-state index >= 15 is 0 Å². The summed E-state index contributed by atoms with van der Waals surface area (Å²) in [5, 5.41) is 3.85. The van der Waals surface area contributed by atoms with Gasteiger partial charge in [-0.05, 0) is 18.6 Å². The van der Waals surface area contributed by atoms with E-state index in [0.29, 0.717) is 25.2 Å². The first-order valence-corrected chi connectivity index (χ1v) is 7.29. The molecule has 1 saturated heterocycles. The summed E-state index contributed by atoms with van der Waals surface area (Å²) in [6, 6.07) is 11.0. The lowest BCUT2D eigenvalue weighted by Crippen LogP contribution is -2.38. The summed E-state index contributed by atoms with van der Waals surface area (Å²) < 4.78 is 24.7. The van der Waals surface area contributed by atoms with Crippen molar-refractivity contribution >= 4 is 16.8 Å². The van der Waals surface area contributed by atoms with E-state index in [1.54, 1.807) is 11.0 Å². The maximum Gasteiger partial charge on any atom is 0.270 e. The summed E-state index contributed by atoms with van der Waals surface area (Å²) in [7, 11) is 0. The van der Waals surface area contributed by atoms with Crippen LogP contribution >= 0.6 is 0 Å². The van der Waals surface area contributed by atoms with Crippen molar-refractivity contribution in [3.8, 4) is 0 Å². The second-order valence-corrected chi connectivity index (χ2v) is 5.50. The Hall–Kier alpha value is -2.08. The predicted octanol–water partition coefficient (Wildman–Crippen LogP) is 2.30. The fourth-order valence-corrected chi connectivity index (χ4v) is 2.76. The van der Waals surface area contributed by atoms with Gasteiger partial charge in [-0.3, -0.25) is 9.69 Å². The number of nitrogens with zero attached hydrogens (tertiary/aromatic N) is 2. The molecule has 2 aromatic rings. The lowest BCUT2D eigenvalue weighted by atomic mass is 10.2. The van der Waals surface area contributed by atoms with E-state index in [1.807, 2.05) is 30.3 Å². The number of hydrogen-bond donors (Lipinski definition) is 1. The zero-order chi connectivity index (χ0) is 15.5. The number of carbonyl (C=O) groups is 1. The number of aromatic nitrogens is 1. The number of likely N-dealkylation sites (tertiary alicyclic amines) is 1. The van der Waals surface area contributed by atoms with Gasteiger partial charge in [0.25, 0.3) is 12.3 Å². The second kappa shape index (κ2) is 6.36. The van der Waals surface area contributed by atoms with Crippen LogP contribution in [0.4, 0.5) is 8.78 Å². The van der Waals surface area contributed by atoms with Crippen molar-refractivity contribution in [2.24, 2.45) is 0 Å². The summed E-state index contributed by atoms with van der Waals surface area (Å²) in [5.41, 5.74) is 1.12. The molecular weight excluding hydrogens is 288 g/mol. The molecule has 1 aliphatic rings. The Morgan fingerprint density at radius 2 is 2.14 bits per heavy atom. The maximum atomic E-state index is 12.4. The van der Waals surface area contributed by atoms with Crippen LogP contribution in [0.25, 0.3) is 10.9 Å². The van der Waals surface area contributed by atoms with E-state index in [9.17, 15) is 13.6 Å². The molecule has 2 heterocycles. The average Bonchev–Trinajstić information content (AvgIpc) is 2.93. The van der Waals surface area contributed by atoms with Gasteiger partial charge in [0.1, 0.15) is 5.69 Å². The average molecular weight is 305 g/mol. The van der Waals surface area contributed by atoms with Crippen LogP contribution in [0.2, 0.25) is 0 Å². The lowest BCUT2D eigenvalue weighted by Gasteiger charge is -2.16. The Morgan fingerprint density at radius 3 is 2.95 bits per heavy atom. The van der Waals surface area contributed by atoms with Crippen LogP contribution in [-0.4, -0.2) is 47.9 Å². The lowest BCUT2D eigenvalue weighted by molar-refractivity contribution is 0.0914. The normalized spacial score (nSPS) is 19.0. The number of halogens is 2. The SMILES string of the molecule is O=C(NC1CCN(CC(F)F)C1)c1ccc2ccccc2n1. The molecule has 1 aromatic heterocycles. The van der Waals surface area contributed by atoms with E-state index < -0.39 is 6.43 Å². The highest BCUT2D eigenvalue weighted by Gasteiger charge is 2.26. The number of fused-ring (bicyclic) bond motifs is 1. The molecule has 22 heavy (non-hydrogen) atoms.